The standard InChI is InChI=1S/C13H15FN2O/c1-17-13(3-2-4-13)9-16-12-6-10(8-15)5-11(14)7-12/h5-7,16H,2-4,9H2,1H3. The number of hydrogen-bond donors (Lipinski definition) is 1. The molecule has 17 heavy (non-hydrogen) atoms. The molecule has 1 aromatic rings. The van der Waals surface area contributed by atoms with Crippen LogP contribution in [-0.2, 0) is 4.74 Å². The SMILES string of the molecule is COC1(CNc2cc(F)cc(C#N)c2)CCC1. The lowest BCUT2D eigenvalue weighted by Gasteiger charge is -2.40. The van der Waals surface area contributed by atoms with E-state index in [9.17, 15) is 4.39 Å². The first kappa shape index (κ1) is 11.9. The fourth-order valence-electron chi connectivity index (χ4n) is 2.04. The predicted molar refractivity (Wildman–Crippen MR) is 63.2 cm³/mol. The Labute approximate surface area is 100 Å². The molecular formula is C13H15FN2O. The molecule has 1 fully saturated rings. The Kier molecular flexibility index (Phi) is 3.30. The quantitative estimate of drug-likeness (QED) is 0.871. The molecule has 3 nitrogen and oxygen atoms in total. The van der Waals surface area contributed by atoms with Crippen molar-refractivity contribution in [3.8, 4) is 6.07 Å². The van der Waals surface area contributed by atoms with Gasteiger partial charge in [-0.1, -0.05) is 0 Å². The molecule has 4 heteroatoms. The molecule has 0 saturated heterocycles. The van der Waals surface area contributed by atoms with Crippen molar-refractivity contribution in [1.29, 1.82) is 5.26 Å². The molecule has 0 aliphatic heterocycles. The van der Waals surface area contributed by atoms with Gasteiger partial charge in [-0.15, -0.1) is 0 Å². The number of hydrogen-bond acceptors (Lipinski definition) is 3. The Morgan fingerprint density at radius 2 is 2.24 bits per heavy atom. The first-order valence-electron chi connectivity index (χ1n) is 5.67. The third-order valence-electron chi connectivity index (χ3n) is 3.34. The average Bonchev–Trinajstić information content (AvgIpc) is 2.27. The van der Waals surface area contributed by atoms with E-state index in [1.807, 2.05) is 6.07 Å². The summed E-state index contributed by atoms with van der Waals surface area (Å²) in [7, 11) is 1.70. The maximum atomic E-state index is 13.2. The summed E-state index contributed by atoms with van der Waals surface area (Å²) in [6, 6.07) is 6.19. The Bertz CT molecular complexity index is 444. The molecule has 0 aromatic heterocycles. The van der Waals surface area contributed by atoms with E-state index in [4.69, 9.17) is 10.00 Å². The Balaban J connectivity index is 2.04. The van der Waals surface area contributed by atoms with E-state index in [1.54, 1.807) is 13.2 Å². The Morgan fingerprint density at radius 1 is 1.47 bits per heavy atom. The Morgan fingerprint density at radius 3 is 2.76 bits per heavy atom. The van der Waals surface area contributed by atoms with Gasteiger partial charge in [-0.25, -0.2) is 4.39 Å². The first-order valence-corrected chi connectivity index (χ1v) is 5.67. The number of nitriles is 1. The maximum Gasteiger partial charge on any atom is 0.126 e. The first-order chi connectivity index (χ1) is 8.17. The maximum absolute atomic E-state index is 13.2. The molecule has 0 atom stereocenters. The number of benzene rings is 1. The van der Waals surface area contributed by atoms with E-state index < -0.39 is 5.82 Å². The van der Waals surface area contributed by atoms with E-state index in [-0.39, 0.29) is 5.60 Å². The molecule has 90 valence electrons. The van der Waals surface area contributed by atoms with Gasteiger partial charge in [-0.05, 0) is 37.5 Å². The van der Waals surface area contributed by atoms with Crippen LogP contribution in [-0.4, -0.2) is 19.3 Å². The van der Waals surface area contributed by atoms with Crippen molar-refractivity contribution in [2.75, 3.05) is 19.0 Å². The second-order valence-electron chi connectivity index (χ2n) is 4.43. The van der Waals surface area contributed by atoms with Crippen molar-refractivity contribution in [1.82, 2.24) is 0 Å². The van der Waals surface area contributed by atoms with Crippen LogP contribution in [0.1, 0.15) is 24.8 Å². The summed E-state index contributed by atoms with van der Waals surface area (Å²) in [6.07, 6.45) is 3.22. The fraction of sp³-hybridized carbons (Fsp3) is 0.462. The molecule has 0 heterocycles. The highest BCUT2D eigenvalue weighted by atomic mass is 19.1. The van der Waals surface area contributed by atoms with Gasteiger partial charge in [0.05, 0.1) is 17.2 Å². The highest BCUT2D eigenvalue weighted by Crippen LogP contribution is 2.35. The van der Waals surface area contributed by atoms with Gasteiger partial charge >= 0.3 is 0 Å². The molecule has 1 aliphatic rings. The monoisotopic (exact) mass is 234 g/mol. The van der Waals surface area contributed by atoms with Crippen LogP contribution in [0.3, 0.4) is 0 Å². The molecule has 0 unspecified atom stereocenters. The normalized spacial score (nSPS) is 17.0. The predicted octanol–water partition coefficient (Wildman–Crippen LogP) is 2.68. The summed E-state index contributed by atoms with van der Waals surface area (Å²) in [6.45, 7) is 0.651. The zero-order chi connectivity index (χ0) is 12.3. The van der Waals surface area contributed by atoms with Crippen LogP contribution >= 0.6 is 0 Å². The molecule has 0 radical (unpaired) electrons. The zero-order valence-electron chi connectivity index (χ0n) is 9.79. The number of ether oxygens (including phenoxy) is 1. The third kappa shape index (κ3) is 2.56. The van der Waals surface area contributed by atoms with Gasteiger partial charge in [0.2, 0.25) is 0 Å². The summed E-state index contributed by atoms with van der Waals surface area (Å²) in [5.74, 6) is -0.397. The lowest BCUT2D eigenvalue weighted by Crippen LogP contribution is -2.45. The smallest absolute Gasteiger partial charge is 0.126 e. The molecule has 0 spiro atoms. The van der Waals surface area contributed by atoms with Gasteiger partial charge in [-0.2, -0.15) is 5.26 Å². The molecule has 1 aliphatic carbocycles. The highest BCUT2D eigenvalue weighted by molar-refractivity contribution is 5.50. The van der Waals surface area contributed by atoms with Crippen molar-refractivity contribution in [3.05, 3.63) is 29.6 Å². The summed E-state index contributed by atoms with van der Waals surface area (Å²) in [4.78, 5) is 0. The molecule has 0 amide bonds. The molecule has 1 aromatic carbocycles. The lowest BCUT2D eigenvalue weighted by molar-refractivity contribution is -0.0601. The summed E-state index contributed by atoms with van der Waals surface area (Å²) in [5, 5.41) is 11.9. The molecule has 1 saturated carbocycles. The third-order valence-corrected chi connectivity index (χ3v) is 3.34. The average molecular weight is 234 g/mol. The lowest BCUT2D eigenvalue weighted by atomic mass is 9.80. The second kappa shape index (κ2) is 4.72. The van der Waals surface area contributed by atoms with Gasteiger partial charge in [0, 0.05) is 19.3 Å². The van der Waals surface area contributed by atoms with Gasteiger partial charge in [0.1, 0.15) is 5.82 Å². The summed E-state index contributed by atoms with van der Waals surface area (Å²) < 4.78 is 18.7. The second-order valence-corrected chi connectivity index (χ2v) is 4.43. The number of nitrogens with zero attached hydrogens (tertiary/aromatic N) is 1. The molecule has 1 N–H and O–H groups in total. The van der Waals surface area contributed by atoms with E-state index >= 15 is 0 Å². The zero-order valence-corrected chi connectivity index (χ0v) is 9.79. The molecule has 0 bridgehead atoms. The number of halogens is 1. The van der Waals surface area contributed by atoms with E-state index in [1.165, 1.54) is 18.6 Å². The van der Waals surface area contributed by atoms with Crippen LogP contribution in [0.4, 0.5) is 10.1 Å². The van der Waals surface area contributed by atoms with Gasteiger partial charge in [0.15, 0.2) is 0 Å². The summed E-state index contributed by atoms with van der Waals surface area (Å²) >= 11 is 0. The largest absolute Gasteiger partial charge is 0.382 e. The number of methoxy groups -OCH3 is 1. The van der Waals surface area contributed by atoms with Gasteiger partial charge in [0.25, 0.3) is 0 Å². The van der Waals surface area contributed by atoms with Crippen molar-refractivity contribution in [2.45, 2.75) is 24.9 Å². The number of nitrogens with one attached hydrogen (secondary N) is 1. The van der Waals surface area contributed by atoms with Crippen LogP contribution in [0.15, 0.2) is 18.2 Å². The molecule has 2 rings (SSSR count). The minimum Gasteiger partial charge on any atom is -0.382 e. The minimum atomic E-state index is -0.397. The summed E-state index contributed by atoms with van der Waals surface area (Å²) in [5.41, 5.74) is 0.844. The minimum absolute atomic E-state index is 0.112. The van der Waals surface area contributed by atoms with Crippen LogP contribution < -0.4 is 5.32 Å². The Hall–Kier alpha value is -1.60. The van der Waals surface area contributed by atoms with Crippen molar-refractivity contribution in [3.63, 3.8) is 0 Å². The van der Waals surface area contributed by atoms with Crippen molar-refractivity contribution < 1.29 is 9.13 Å². The number of anilines is 1. The van der Waals surface area contributed by atoms with Gasteiger partial charge < -0.3 is 10.1 Å². The van der Waals surface area contributed by atoms with Crippen molar-refractivity contribution in [2.24, 2.45) is 0 Å². The number of rotatable bonds is 4. The van der Waals surface area contributed by atoms with Crippen LogP contribution in [0.25, 0.3) is 0 Å². The van der Waals surface area contributed by atoms with Crippen molar-refractivity contribution >= 4 is 5.69 Å². The fourth-order valence-corrected chi connectivity index (χ4v) is 2.04. The van der Waals surface area contributed by atoms with Crippen LogP contribution in [0, 0.1) is 17.1 Å². The topological polar surface area (TPSA) is 45.0 Å². The van der Waals surface area contributed by atoms with E-state index in [2.05, 4.69) is 5.32 Å². The van der Waals surface area contributed by atoms with Crippen LogP contribution in [0.2, 0.25) is 0 Å². The van der Waals surface area contributed by atoms with Crippen LogP contribution in [0.5, 0.6) is 0 Å². The highest BCUT2D eigenvalue weighted by Gasteiger charge is 2.36. The molecular weight excluding hydrogens is 219 g/mol. The van der Waals surface area contributed by atoms with E-state index in [0.717, 1.165) is 12.8 Å². The van der Waals surface area contributed by atoms with E-state index in [0.29, 0.717) is 17.8 Å². The van der Waals surface area contributed by atoms with Gasteiger partial charge in [-0.3, -0.25) is 0 Å².